The molecule has 8 heteroatoms. The number of carbonyl (C=O) groups is 2. The fourth-order valence-corrected chi connectivity index (χ4v) is 3.23. The number of anilines is 2. The molecular weight excluding hydrogens is 414 g/mol. The minimum Gasteiger partial charge on any atom is -0.493 e. The molecule has 0 aliphatic carbocycles. The van der Waals surface area contributed by atoms with Crippen molar-refractivity contribution in [3.8, 4) is 11.5 Å². The number of ether oxygens (including phenoxy) is 2. The predicted octanol–water partition coefficient (Wildman–Crippen LogP) is 4.66. The number of thiocarbonyl (C=S) groups is 1. The molecule has 2 aromatic rings. The van der Waals surface area contributed by atoms with Gasteiger partial charge < -0.3 is 20.1 Å². The first-order valence-electron chi connectivity index (χ1n) is 10.1. The second kappa shape index (κ2) is 11.9. The predicted molar refractivity (Wildman–Crippen MR) is 127 cm³/mol. The summed E-state index contributed by atoms with van der Waals surface area (Å²) in [6.07, 6.45) is 3.52. The van der Waals surface area contributed by atoms with Crippen molar-refractivity contribution < 1.29 is 19.1 Å². The molecule has 0 fully saturated rings. The Balaban J connectivity index is 1.93. The molecule has 0 spiro atoms. The Hall–Kier alpha value is -3.13. The second-order valence-electron chi connectivity index (χ2n) is 7.02. The molecule has 0 saturated heterocycles. The van der Waals surface area contributed by atoms with E-state index in [-0.39, 0.29) is 16.9 Å². The van der Waals surface area contributed by atoms with E-state index >= 15 is 0 Å². The van der Waals surface area contributed by atoms with Crippen LogP contribution in [-0.2, 0) is 4.79 Å². The highest BCUT2D eigenvalue weighted by Gasteiger charge is 2.15. The van der Waals surface area contributed by atoms with E-state index in [0.29, 0.717) is 34.9 Å². The van der Waals surface area contributed by atoms with Crippen LogP contribution in [0.2, 0.25) is 0 Å². The first-order valence-corrected chi connectivity index (χ1v) is 10.5. The maximum atomic E-state index is 12.6. The minimum absolute atomic E-state index is 0.00200. The summed E-state index contributed by atoms with van der Waals surface area (Å²) in [4.78, 5) is 24.5. The lowest BCUT2D eigenvalue weighted by molar-refractivity contribution is -0.116. The monoisotopic (exact) mass is 443 g/mol. The Kier molecular flexibility index (Phi) is 9.27. The molecule has 31 heavy (non-hydrogen) atoms. The normalized spacial score (nSPS) is 10.2. The SMILES string of the molecule is CCCCCC(=O)Nc1ccc(NC(=S)NC(=O)c2cc(C)c(OC)c(OC)c2)cc1. The van der Waals surface area contributed by atoms with Crippen molar-refractivity contribution in [1.29, 1.82) is 0 Å². The summed E-state index contributed by atoms with van der Waals surface area (Å²) >= 11 is 5.25. The second-order valence-corrected chi connectivity index (χ2v) is 7.43. The molecule has 0 heterocycles. The number of amides is 2. The van der Waals surface area contributed by atoms with Crippen molar-refractivity contribution >= 4 is 40.5 Å². The largest absolute Gasteiger partial charge is 0.493 e. The van der Waals surface area contributed by atoms with Crippen molar-refractivity contribution in [1.82, 2.24) is 5.32 Å². The van der Waals surface area contributed by atoms with E-state index in [0.717, 1.165) is 24.8 Å². The van der Waals surface area contributed by atoms with Crippen LogP contribution in [0, 0.1) is 6.92 Å². The van der Waals surface area contributed by atoms with E-state index in [1.165, 1.54) is 7.11 Å². The zero-order valence-electron chi connectivity index (χ0n) is 18.3. The highest BCUT2D eigenvalue weighted by Crippen LogP contribution is 2.31. The minimum atomic E-state index is -0.363. The highest BCUT2D eigenvalue weighted by molar-refractivity contribution is 7.80. The standard InChI is InChI=1S/C23H29N3O4S/c1-5-6-7-8-20(27)24-17-9-11-18(12-10-17)25-23(31)26-22(28)16-13-15(2)21(30-4)19(14-16)29-3/h9-14H,5-8H2,1-4H3,(H,24,27)(H2,25,26,28,31). The summed E-state index contributed by atoms with van der Waals surface area (Å²) in [5, 5.41) is 8.64. The Morgan fingerprint density at radius 1 is 0.968 bits per heavy atom. The third kappa shape index (κ3) is 7.25. The van der Waals surface area contributed by atoms with Gasteiger partial charge in [0, 0.05) is 23.4 Å². The van der Waals surface area contributed by atoms with Crippen LogP contribution in [0.3, 0.4) is 0 Å². The van der Waals surface area contributed by atoms with Gasteiger partial charge in [-0.05, 0) is 67.5 Å². The van der Waals surface area contributed by atoms with Crippen molar-refractivity contribution in [3.05, 3.63) is 47.5 Å². The molecule has 0 aliphatic rings. The van der Waals surface area contributed by atoms with Crippen molar-refractivity contribution in [2.75, 3.05) is 24.9 Å². The molecule has 2 aromatic carbocycles. The average Bonchev–Trinajstić information content (AvgIpc) is 2.74. The van der Waals surface area contributed by atoms with Gasteiger partial charge in [-0.1, -0.05) is 19.8 Å². The molecule has 0 bridgehead atoms. The third-order valence-corrected chi connectivity index (χ3v) is 4.79. The zero-order valence-corrected chi connectivity index (χ0v) is 19.2. The van der Waals surface area contributed by atoms with E-state index in [9.17, 15) is 9.59 Å². The Bertz CT molecular complexity index is 929. The molecule has 0 radical (unpaired) electrons. The topological polar surface area (TPSA) is 88.7 Å². The van der Waals surface area contributed by atoms with Crippen LogP contribution in [0.15, 0.2) is 36.4 Å². The fraction of sp³-hybridized carbons (Fsp3) is 0.348. The number of aryl methyl sites for hydroxylation is 1. The average molecular weight is 444 g/mol. The Labute approximate surface area is 188 Å². The van der Waals surface area contributed by atoms with Gasteiger partial charge in [0.05, 0.1) is 14.2 Å². The van der Waals surface area contributed by atoms with Gasteiger partial charge in [0.25, 0.3) is 5.91 Å². The molecule has 0 unspecified atom stereocenters. The van der Waals surface area contributed by atoms with E-state index in [1.807, 2.05) is 6.92 Å². The van der Waals surface area contributed by atoms with Crippen LogP contribution in [0.4, 0.5) is 11.4 Å². The van der Waals surface area contributed by atoms with E-state index < -0.39 is 0 Å². The number of benzene rings is 2. The van der Waals surface area contributed by atoms with Gasteiger partial charge in [0.1, 0.15) is 0 Å². The Morgan fingerprint density at radius 2 is 1.61 bits per heavy atom. The smallest absolute Gasteiger partial charge is 0.257 e. The van der Waals surface area contributed by atoms with Crippen LogP contribution < -0.4 is 25.4 Å². The first kappa shape index (κ1) is 24.1. The van der Waals surface area contributed by atoms with Crippen LogP contribution in [0.25, 0.3) is 0 Å². The van der Waals surface area contributed by atoms with Crippen LogP contribution in [0.5, 0.6) is 11.5 Å². The lowest BCUT2D eigenvalue weighted by Gasteiger charge is -2.14. The van der Waals surface area contributed by atoms with Gasteiger partial charge in [-0.25, -0.2) is 0 Å². The molecule has 0 saturated carbocycles. The summed E-state index contributed by atoms with van der Waals surface area (Å²) in [5.74, 6) is 0.691. The molecule has 166 valence electrons. The van der Waals surface area contributed by atoms with E-state index in [4.69, 9.17) is 21.7 Å². The third-order valence-electron chi connectivity index (χ3n) is 4.59. The van der Waals surface area contributed by atoms with Gasteiger partial charge in [-0.2, -0.15) is 0 Å². The highest BCUT2D eigenvalue weighted by atomic mass is 32.1. The number of hydrogen-bond acceptors (Lipinski definition) is 5. The van der Waals surface area contributed by atoms with Crippen molar-refractivity contribution in [2.24, 2.45) is 0 Å². The molecule has 2 rings (SSSR count). The Morgan fingerprint density at radius 3 is 2.19 bits per heavy atom. The molecule has 2 amide bonds. The maximum Gasteiger partial charge on any atom is 0.257 e. The lowest BCUT2D eigenvalue weighted by Crippen LogP contribution is -2.34. The molecule has 7 nitrogen and oxygen atoms in total. The number of unbranched alkanes of at least 4 members (excludes halogenated alkanes) is 2. The summed E-state index contributed by atoms with van der Waals surface area (Å²) in [5.41, 5.74) is 2.58. The summed E-state index contributed by atoms with van der Waals surface area (Å²) in [7, 11) is 3.06. The van der Waals surface area contributed by atoms with Gasteiger partial charge in [0.15, 0.2) is 16.6 Å². The van der Waals surface area contributed by atoms with Gasteiger partial charge in [0.2, 0.25) is 5.91 Å². The maximum absolute atomic E-state index is 12.6. The summed E-state index contributed by atoms with van der Waals surface area (Å²) in [6, 6.07) is 10.4. The molecule has 3 N–H and O–H groups in total. The number of rotatable bonds is 9. The van der Waals surface area contributed by atoms with E-state index in [2.05, 4.69) is 22.9 Å². The number of methoxy groups -OCH3 is 2. The van der Waals surface area contributed by atoms with Gasteiger partial charge in [-0.3, -0.25) is 14.9 Å². The summed E-state index contributed by atoms with van der Waals surface area (Å²) < 4.78 is 10.6. The number of hydrogen-bond donors (Lipinski definition) is 3. The lowest BCUT2D eigenvalue weighted by atomic mass is 10.1. The van der Waals surface area contributed by atoms with Gasteiger partial charge >= 0.3 is 0 Å². The molecule has 0 aliphatic heterocycles. The van der Waals surface area contributed by atoms with Crippen molar-refractivity contribution in [2.45, 2.75) is 39.5 Å². The van der Waals surface area contributed by atoms with Crippen LogP contribution in [-0.4, -0.2) is 31.1 Å². The fourth-order valence-electron chi connectivity index (χ4n) is 3.02. The van der Waals surface area contributed by atoms with E-state index in [1.54, 1.807) is 43.5 Å². The molecule has 0 atom stereocenters. The molecule has 0 aromatic heterocycles. The zero-order chi connectivity index (χ0) is 22.8. The summed E-state index contributed by atoms with van der Waals surface area (Å²) in [6.45, 7) is 3.93. The number of carbonyl (C=O) groups excluding carboxylic acids is 2. The van der Waals surface area contributed by atoms with Crippen molar-refractivity contribution in [3.63, 3.8) is 0 Å². The van der Waals surface area contributed by atoms with Crippen LogP contribution in [0.1, 0.15) is 48.5 Å². The molecular formula is C23H29N3O4S. The first-order chi connectivity index (χ1) is 14.9. The van der Waals surface area contributed by atoms with Gasteiger partial charge in [-0.15, -0.1) is 0 Å². The van der Waals surface area contributed by atoms with Crippen LogP contribution >= 0.6 is 12.2 Å². The quantitative estimate of drug-likeness (QED) is 0.386. The number of nitrogens with one attached hydrogen (secondary N) is 3.